The van der Waals surface area contributed by atoms with Crippen molar-refractivity contribution in [2.75, 3.05) is 31.5 Å². The van der Waals surface area contributed by atoms with Crippen molar-refractivity contribution in [3.63, 3.8) is 0 Å². The van der Waals surface area contributed by atoms with Crippen molar-refractivity contribution in [3.8, 4) is 6.07 Å². The smallest absolute Gasteiger partial charge is 0.239 e. The van der Waals surface area contributed by atoms with Crippen LogP contribution in [0.15, 0.2) is 11.4 Å². The molecule has 0 spiro atoms. The Bertz CT molecular complexity index is 465. The van der Waals surface area contributed by atoms with Gasteiger partial charge in [0.1, 0.15) is 11.1 Å². The highest BCUT2D eigenvalue weighted by Gasteiger charge is 2.18. The average molecular weight is 264 g/mol. The van der Waals surface area contributed by atoms with Crippen LogP contribution in [0.3, 0.4) is 0 Å². The van der Waals surface area contributed by atoms with E-state index in [0.29, 0.717) is 23.2 Å². The lowest BCUT2D eigenvalue weighted by atomic mass is 10.2. The highest BCUT2D eigenvalue weighted by Crippen LogP contribution is 2.21. The van der Waals surface area contributed by atoms with Gasteiger partial charge >= 0.3 is 0 Å². The predicted molar refractivity (Wildman–Crippen MR) is 71.6 cm³/mol. The Morgan fingerprint density at radius 1 is 1.78 bits per heavy atom. The molecule has 1 unspecified atom stereocenters. The normalized spacial score (nSPS) is 20.3. The number of hydrogen-bond acceptors (Lipinski definition) is 5. The first-order valence-corrected chi connectivity index (χ1v) is 6.80. The van der Waals surface area contributed by atoms with Crippen LogP contribution in [0.1, 0.15) is 12.5 Å². The van der Waals surface area contributed by atoms with E-state index in [-0.39, 0.29) is 5.91 Å². The number of hydrogen-bond donors (Lipinski definition) is 2. The maximum atomic E-state index is 11.9. The second-order valence-corrected chi connectivity index (χ2v) is 5.33. The van der Waals surface area contributed by atoms with Gasteiger partial charge in [-0.1, -0.05) is 0 Å². The van der Waals surface area contributed by atoms with E-state index in [1.165, 1.54) is 11.3 Å². The first-order valence-electron chi connectivity index (χ1n) is 5.92. The molecule has 2 N–H and O–H groups in total. The Kier molecular flexibility index (Phi) is 4.31. The number of amides is 1. The molecule has 0 radical (unpaired) electrons. The molecule has 6 heteroatoms. The number of piperazine rings is 1. The van der Waals surface area contributed by atoms with E-state index in [2.05, 4.69) is 28.5 Å². The third-order valence-corrected chi connectivity index (χ3v) is 3.69. The summed E-state index contributed by atoms with van der Waals surface area (Å²) < 4.78 is 0. The highest BCUT2D eigenvalue weighted by molar-refractivity contribution is 7.14. The van der Waals surface area contributed by atoms with Gasteiger partial charge < -0.3 is 10.6 Å². The van der Waals surface area contributed by atoms with Crippen LogP contribution >= 0.6 is 11.3 Å². The van der Waals surface area contributed by atoms with E-state index in [1.54, 1.807) is 11.4 Å². The average Bonchev–Trinajstić information content (AvgIpc) is 2.76. The molecular weight excluding hydrogens is 248 g/mol. The van der Waals surface area contributed by atoms with E-state index in [0.717, 1.165) is 19.6 Å². The first-order chi connectivity index (χ1) is 8.69. The number of nitrogens with one attached hydrogen (secondary N) is 2. The number of nitriles is 1. The maximum absolute atomic E-state index is 11.9. The summed E-state index contributed by atoms with van der Waals surface area (Å²) in [5, 5.41) is 17.4. The second-order valence-electron chi connectivity index (χ2n) is 4.41. The minimum Gasteiger partial charge on any atom is -0.315 e. The van der Waals surface area contributed by atoms with Crippen LogP contribution in [-0.2, 0) is 4.79 Å². The molecule has 0 bridgehead atoms. The number of anilines is 1. The molecule has 1 amide bonds. The lowest BCUT2D eigenvalue weighted by molar-refractivity contribution is -0.117. The highest BCUT2D eigenvalue weighted by atomic mass is 32.1. The van der Waals surface area contributed by atoms with E-state index in [4.69, 9.17) is 5.26 Å². The van der Waals surface area contributed by atoms with Gasteiger partial charge in [-0.3, -0.25) is 9.69 Å². The molecule has 1 aliphatic rings. The van der Waals surface area contributed by atoms with Gasteiger partial charge in [0.05, 0.1) is 12.1 Å². The van der Waals surface area contributed by atoms with Crippen molar-refractivity contribution in [3.05, 3.63) is 17.0 Å². The van der Waals surface area contributed by atoms with E-state index >= 15 is 0 Å². The van der Waals surface area contributed by atoms with Gasteiger partial charge in [0.2, 0.25) is 5.91 Å². The van der Waals surface area contributed by atoms with Gasteiger partial charge in [0.15, 0.2) is 0 Å². The summed E-state index contributed by atoms with van der Waals surface area (Å²) in [5.41, 5.74) is 0.530. The molecule has 1 saturated heterocycles. The van der Waals surface area contributed by atoms with Crippen LogP contribution in [0, 0.1) is 11.3 Å². The molecule has 1 aliphatic heterocycles. The fourth-order valence-corrected chi connectivity index (χ4v) is 2.77. The fourth-order valence-electron chi connectivity index (χ4n) is 2.02. The molecule has 1 fully saturated rings. The van der Waals surface area contributed by atoms with Gasteiger partial charge in [0, 0.05) is 25.7 Å². The quantitative estimate of drug-likeness (QED) is 0.849. The summed E-state index contributed by atoms with van der Waals surface area (Å²) in [4.78, 5) is 14.0. The summed E-state index contributed by atoms with van der Waals surface area (Å²) in [6.45, 7) is 5.17. The van der Waals surface area contributed by atoms with Gasteiger partial charge in [0.25, 0.3) is 0 Å². The van der Waals surface area contributed by atoms with Crippen LogP contribution in [0.5, 0.6) is 0 Å². The molecule has 2 rings (SSSR count). The zero-order valence-corrected chi connectivity index (χ0v) is 11.1. The number of carbonyl (C=O) groups is 1. The SMILES string of the molecule is CC1CN(CC(=O)Nc2sccc2C#N)CCN1. The zero-order chi connectivity index (χ0) is 13.0. The summed E-state index contributed by atoms with van der Waals surface area (Å²) >= 11 is 1.38. The van der Waals surface area contributed by atoms with E-state index in [1.807, 2.05) is 0 Å². The number of rotatable bonds is 3. The lowest BCUT2D eigenvalue weighted by Crippen LogP contribution is -2.51. The summed E-state index contributed by atoms with van der Waals surface area (Å²) in [5.74, 6) is -0.0527. The van der Waals surface area contributed by atoms with Crippen molar-refractivity contribution in [1.82, 2.24) is 10.2 Å². The van der Waals surface area contributed by atoms with Gasteiger partial charge in [-0.15, -0.1) is 11.3 Å². The van der Waals surface area contributed by atoms with Crippen LogP contribution in [0.4, 0.5) is 5.00 Å². The number of thiophene rings is 1. The largest absolute Gasteiger partial charge is 0.315 e. The van der Waals surface area contributed by atoms with E-state index < -0.39 is 0 Å². The summed E-state index contributed by atoms with van der Waals surface area (Å²) in [6.07, 6.45) is 0. The molecule has 1 atom stereocenters. The minimum absolute atomic E-state index is 0.0527. The topological polar surface area (TPSA) is 68.2 Å². The Morgan fingerprint density at radius 3 is 3.33 bits per heavy atom. The monoisotopic (exact) mass is 264 g/mol. The second kappa shape index (κ2) is 5.96. The Balaban J connectivity index is 1.87. The van der Waals surface area contributed by atoms with Gasteiger partial charge in [-0.2, -0.15) is 5.26 Å². The molecule has 2 heterocycles. The van der Waals surface area contributed by atoms with E-state index in [9.17, 15) is 4.79 Å². The fraction of sp³-hybridized carbons (Fsp3) is 0.500. The lowest BCUT2D eigenvalue weighted by Gasteiger charge is -2.31. The molecule has 5 nitrogen and oxygen atoms in total. The number of carbonyl (C=O) groups excluding carboxylic acids is 1. The number of nitrogens with zero attached hydrogens (tertiary/aromatic N) is 2. The maximum Gasteiger partial charge on any atom is 0.239 e. The summed E-state index contributed by atoms with van der Waals surface area (Å²) in [6, 6.07) is 4.20. The third-order valence-electron chi connectivity index (χ3n) is 2.86. The molecular formula is C12H16N4OS. The van der Waals surface area contributed by atoms with Crippen molar-refractivity contribution in [2.45, 2.75) is 13.0 Å². The zero-order valence-electron chi connectivity index (χ0n) is 10.3. The third kappa shape index (κ3) is 3.29. The predicted octanol–water partition coefficient (Wildman–Crippen LogP) is 0.852. The van der Waals surface area contributed by atoms with Crippen molar-refractivity contribution >= 4 is 22.2 Å². The van der Waals surface area contributed by atoms with Crippen LogP contribution in [0.2, 0.25) is 0 Å². The molecule has 18 heavy (non-hydrogen) atoms. The van der Waals surface area contributed by atoms with Crippen molar-refractivity contribution < 1.29 is 4.79 Å². The Morgan fingerprint density at radius 2 is 2.61 bits per heavy atom. The standard InChI is InChI=1S/C12H16N4OS/c1-9-7-16(4-3-14-9)8-11(17)15-12-10(6-13)2-5-18-12/h2,5,9,14H,3-4,7-8H2,1H3,(H,15,17). The van der Waals surface area contributed by atoms with Crippen molar-refractivity contribution in [1.29, 1.82) is 5.26 Å². The molecule has 0 aliphatic carbocycles. The Labute approximate surface area is 110 Å². The van der Waals surface area contributed by atoms with Gasteiger partial charge in [-0.05, 0) is 18.4 Å². The molecule has 1 aromatic rings. The van der Waals surface area contributed by atoms with Crippen LogP contribution in [0.25, 0.3) is 0 Å². The molecule has 96 valence electrons. The first kappa shape index (κ1) is 13.0. The minimum atomic E-state index is -0.0527. The molecule has 0 aromatic carbocycles. The summed E-state index contributed by atoms with van der Waals surface area (Å²) in [7, 11) is 0. The van der Waals surface area contributed by atoms with Crippen LogP contribution < -0.4 is 10.6 Å². The van der Waals surface area contributed by atoms with Gasteiger partial charge in [-0.25, -0.2) is 0 Å². The Hall–Kier alpha value is -1.42. The molecule has 1 aromatic heterocycles. The van der Waals surface area contributed by atoms with Crippen molar-refractivity contribution in [2.24, 2.45) is 0 Å². The van der Waals surface area contributed by atoms with Crippen LogP contribution in [-0.4, -0.2) is 43.0 Å². The molecule has 0 saturated carbocycles.